The highest BCUT2D eigenvalue weighted by Gasteiger charge is 2.05. The Bertz CT molecular complexity index is 434. The first kappa shape index (κ1) is 8.43. The van der Waals surface area contributed by atoms with Crippen LogP contribution in [-0.4, -0.2) is 14.5 Å². The largest absolute Gasteiger partial charge is 0.309 e. The molecule has 0 bridgehead atoms. The normalized spacial score (nSPS) is 10.0. The molecule has 2 rings (SSSR count). The molecule has 0 saturated carbocycles. The smallest absolute Gasteiger partial charge is 0.287 e. The maximum Gasteiger partial charge on any atom is 0.287 e. The van der Waals surface area contributed by atoms with Crippen molar-refractivity contribution in [2.24, 2.45) is 0 Å². The number of hydrogen-bond donors (Lipinski definition) is 0. The first-order valence-corrected chi connectivity index (χ1v) is 4.01. The summed E-state index contributed by atoms with van der Waals surface area (Å²) in [5.74, 6) is 0.667. The summed E-state index contributed by atoms with van der Waals surface area (Å²) in [6.45, 7) is 0. The van der Waals surface area contributed by atoms with Crippen molar-refractivity contribution in [2.45, 2.75) is 0 Å². The van der Waals surface area contributed by atoms with Crippen LogP contribution in [0.5, 0.6) is 0 Å². The summed E-state index contributed by atoms with van der Waals surface area (Å²) < 4.78 is 1.78. The fourth-order valence-electron chi connectivity index (χ4n) is 1.13. The molecule has 0 amide bonds. The van der Waals surface area contributed by atoms with Crippen LogP contribution in [0.1, 0.15) is 0 Å². The third-order valence-corrected chi connectivity index (χ3v) is 1.81. The summed E-state index contributed by atoms with van der Waals surface area (Å²) in [5, 5.41) is 10.4. The van der Waals surface area contributed by atoms with Crippen molar-refractivity contribution < 1.29 is 4.92 Å². The van der Waals surface area contributed by atoms with Gasteiger partial charge in [0, 0.05) is 18.5 Å². The van der Waals surface area contributed by atoms with Gasteiger partial charge in [-0.2, -0.15) is 0 Å². The third-order valence-electron chi connectivity index (χ3n) is 1.81. The van der Waals surface area contributed by atoms with Crippen LogP contribution in [0.25, 0.3) is 5.82 Å². The topological polar surface area (TPSA) is 61.0 Å². The zero-order valence-electron chi connectivity index (χ0n) is 7.20. The second-order valence-electron chi connectivity index (χ2n) is 2.72. The highest BCUT2D eigenvalue weighted by molar-refractivity contribution is 5.33. The summed E-state index contributed by atoms with van der Waals surface area (Å²) in [7, 11) is 0. The van der Waals surface area contributed by atoms with Crippen LogP contribution in [0.3, 0.4) is 0 Å². The lowest BCUT2D eigenvalue weighted by molar-refractivity contribution is -0.385. The molecule has 5 nitrogen and oxygen atoms in total. The molecule has 5 heteroatoms. The van der Waals surface area contributed by atoms with E-state index in [1.54, 1.807) is 10.6 Å². The quantitative estimate of drug-likeness (QED) is 0.534. The van der Waals surface area contributed by atoms with E-state index >= 15 is 0 Å². The monoisotopic (exact) mass is 189 g/mol. The Balaban J connectivity index is 2.36. The molecule has 2 aromatic rings. The lowest BCUT2D eigenvalue weighted by Crippen LogP contribution is -1.95. The Morgan fingerprint density at radius 1 is 1.29 bits per heavy atom. The van der Waals surface area contributed by atoms with Gasteiger partial charge in [-0.1, -0.05) is 0 Å². The number of nitrogens with zero attached hydrogens (tertiary/aromatic N) is 3. The third kappa shape index (κ3) is 1.47. The van der Waals surface area contributed by atoms with Crippen LogP contribution in [0, 0.1) is 10.1 Å². The molecule has 2 heterocycles. The minimum atomic E-state index is -0.466. The van der Waals surface area contributed by atoms with Gasteiger partial charge in [-0.15, -0.1) is 0 Å². The number of pyridine rings is 1. The van der Waals surface area contributed by atoms with E-state index in [1.807, 2.05) is 24.5 Å². The first-order chi connectivity index (χ1) is 6.77. The Morgan fingerprint density at radius 3 is 2.50 bits per heavy atom. The van der Waals surface area contributed by atoms with E-state index in [0.29, 0.717) is 5.82 Å². The van der Waals surface area contributed by atoms with Gasteiger partial charge < -0.3 is 4.57 Å². The lowest BCUT2D eigenvalue weighted by atomic mass is 10.4. The van der Waals surface area contributed by atoms with Crippen molar-refractivity contribution in [3.05, 3.63) is 53.0 Å². The predicted molar refractivity (Wildman–Crippen MR) is 50.2 cm³/mol. The van der Waals surface area contributed by atoms with Gasteiger partial charge in [0.05, 0.1) is 4.92 Å². The van der Waals surface area contributed by atoms with Crippen LogP contribution in [0.15, 0.2) is 42.9 Å². The molecule has 0 N–H and O–H groups in total. The van der Waals surface area contributed by atoms with Gasteiger partial charge in [-0.05, 0) is 18.2 Å². The van der Waals surface area contributed by atoms with E-state index in [1.165, 1.54) is 12.3 Å². The van der Waals surface area contributed by atoms with Crippen molar-refractivity contribution in [3.8, 4) is 5.82 Å². The minimum Gasteiger partial charge on any atom is -0.309 e. The number of hydrogen-bond acceptors (Lipinski definition) is 3. The summed E-state index contributed by atoms with van der Waals surface area (Å²) in [6, 6.07) is 6.77. The van der Waals surface area contributed by atoms with Crippen molar-refractivity contribution in [1.29, 1.82) is 0 Å². The minimum absolute atomic E-state index is 0.000839. The Labute approximate surface area is 79.8 Å². The molecule has 14 heavy (non-hydrogen) atoms. The standard InChI is InChI=1S/C9H7N3O2/c13-12(14)8-3-4-9(10-7-8)11-5-1-2-6-11/h1-7H. The molecule has 0 aliphatic heterocycles. The zero-order valence-corrected chi connectivity index (χ0v) is 7.20. The first-order valence-electron chi connectivity index (χ1n) is 4.01. The van der Waals surface area contributed by atoms with E-state index in [2.05, 4.69) is 4.98 Å². The van der Waals surface area contributed by atoms with Gasteiger partial charge >= 0.3 is 0 Å². The molecule has 0 aliphatic carbocycles. The average molecular weight is 189 g/mol. The number of aromatic nitrogens is 2. The van der Waals surface area contributed by atoms with Gasteiger partial charge in [0.2, 0.25) is 0 Å². The molecule has 2 aromatic heterocycles. The van der Waals surface area contributed by atoms with Crippen molar-refractivity contribution in [3.63, 3.8) is 0 Å². The molecule has 0 aliphatic rings. The lowest BCUT2D eigenvalue weighted by Gasteiger charge is -1.99. The van der Waals surface area contributed by atoms with Crippen LogP contribution >= 0.6 is 0 Å². The molecule has 0 radical (unpaired) electrons. The summed E-state index contributed by atoms with van der Waals surface area (Å²) in [5.41, 5.74) is 0.000839. The molecule has 0 spiro atoms. The van der Waals surface area contributed by atoms with Crippen LogP contribution in [0.4, 0.5) is 5.69 Å². The fourth-order valence-corrected chi connectivity index (χ4v) is 1.13. The van der Waals surface area contributed by atoms with Crippen LogP contribution < -0.4 is 0 Å². The predicted octanol–water partition coefficient (Wildman–Crippen LogP) is 1.78. The molecule has 0 saturated heterocycles. The number of rotatable bonds is 2. The van der Waals surface area contributed by atoms with Crippen molar-refractivity contribution in [1.82, 2.24) is 9.55 Å². The molecule has 70 valence electrons. The van der Waals surface area contributed by atoms with E-state index in [4.69, 9.17) is 0 Å². The molecule has 0 fully saturated rings. The van der Waals surface area contributed by atoms with Gasteiger partial charge in [0.25, 0.3) is 5.69 Å². The fraction of sp³-hybridized carbons (Fsp3) is 0. The van der Waals surface area contributed by atoms with Gasteiger partial charge in [0.15, 0.2) is 0 Å². The Morgan fingerprint density at radius 2 is 2.00 bits per heavy atom. The van der Waals surface area contributed by atoms with Crippen LogP contribution in [0.2, 0.25) is 0 Å². The van der Waals surface area contributed by atoms with E-state index < -0.39 is 4.92 Å². The molecule has 0 atom stereocenters. The van der Waals surface area contributed by atoms with Gasteiger partial charge in [0.1, 0.15) is 12.0 Å². The maximum atomic E-state index is 10.4. The zero-order chi connectivity index (χ0) is 9.97. The van der Waals surface area contributed by atoms with Gasteiger partial charge in [-0.3, -0.25) is 10.1 Å². The van der Waals surface area contributed by atoms with E-state index in [9.17, 15) is 10.1 Å². The van der Waals surface area contributed by atoms with Crippen molar-refractivity contribution in [2.75, 3.05) is 0 Å². The summed E-state index contributed by atoms with van der Waals surface area (Å²) >= 11 is 0. The van der Waals surface area contributed by atoms with E-state index in [-0.39, 0.29) is 5.69 Å². The second-order valence-corrected chi connectivity index (χ2v) is 2.72. The summed E-state index contributed by atoms with van der Waals surface area (Å²) in [6.07, 6.45) is 4.90. The average Bonchev–Trinajstić information content (AvgIpc) is 2.71. The molecular formula is C9H7N3O2. The van der Waals surface area contributed by atoms with Gasteiger partial charge in [-0.25, -0.2) is 4.98 Å². The highest BCUT2D eigenvalue weighted by Crippen LogP contribution is 2.11. The molecule has 0 aromatic carbocycles. The maximum absolute atomic E-state index is 10.4. The SMILES string of the molecule is O=[N+]([O-])c1ccc(-n2cccc2)nc1. The Kier molecular flexibility index (Phi) is 1.98. The highest BCUT2D eigenvalue weighted by atomic mass is 16.6. The second kappa shape index (κ2) is 3.29. The molecule has 0 unspecified atom stereocenters. The van der Waals surface area contributed by atoms with E-state index in [0.717, 1.165) is 0 Å². The number of nitro groups is 1. The summed E-state index contributed by atoms with van der Waals surface area (Å²) in [4.78, 5) is 13.9. The van der Waals surface area contributed by atoms with Crippen molar-refractivity contribution >= 4 is 5.69 Å². The molecular weight excluding hydrogens is 182 g/mol. The van der Waals surface area contributed by atoms with Crippen LogP contribution in [-0.2, 0) is 0 Å². The Hall–Kier alpha value is -2.17.